The van der Waals surface area contributed by atoms with Crippen molar-refractivity contribution in [3.63, 3.8) is 0 Å². The Hall–Kier alpha value is -3.26. The molecule has 0 unspecified atom stereocenters. The van der Waals surface area contributed by atoms with Gasteiger partial charge in [-0.15, -0.1) is 0 Å². The van der Waals surface area contributed by atoms with Crippen LogP contribution in [0.5, 0.6) is 5.75 Å². The summed E-state index contributed by atoms with van der Waals surface area (Å²) < 4.78 is 34.0. The van der Waals surface area contributed by atoms with Gasteiger partial charge < -0.3 is 10.1 Å². The Morgan fingerprint density at radius 2 is 1.83 bits per heavy atom. The lowest BCUT2D eigenvalue weighted by Crippen LogP contribution is -2.43. The minimum absolute atomic E-state index is 0.0485. The molecule has 192 valence electrons. The maximum absolute atomic E-state index is 13.3. The average molecular weight is 497 g/mol. The van der Waals surface area contributed by atoms with E-state index >= 15 is 0 Å². The predicted octanol–water partition coefficient (Wildman–Crippen LogP) is 4.76. The number of para-hydroxylation sites is 1. The van der Waals surface area contributed by atoms with Crippen LogP contribution in [0.4, 0.5) is 8.78 Å². The average Bonchev–Trinajstić information content (AvgIpc) is 3.25. The Labute approximate surface area is 211 Å². The first kappa shape index (κ1) is 25.8. The lowest BCUT2D eigenvalue weighted by molar-refractivity contribution is -0.121. The first-order valence-electron chi connectivity index (χ1n) is 12.6. The van der Waals surface area contributed by atoms with Crippen molar-refractivity contribution in [3.05, 3.63) is 77.6 Å². The maximum Gasteiger partial charge on any atom is 0.227 e. The van der Waals surface area contributed by atoms with Crippen LogP contribution >= 0.6 is 0 Å². The van der Waals surface area contributed by atoms with Crippen LogP contribution in [-0.4, -0.2) is 47.0 Å². The van der Waals surface area contributed by atoms with Crippen molar-refractivity contribution in [2.75, 3.05) is 26.4 Å². The van der Waals surface area contributed by atoms with Gasteiger partial charge in [-0.25, -0.2) is 13.5 Å². The van der Waals surface area contributed by atoms with Crippen LogP contribution in [0.3, 0.4) is 0 Å². The minimum Gasteiger partial charge on any atom is -0.493 e. The van der Waals surface area contributed by atoms with Crippen molar-refractivity contribution >= 4 is 5.91 Å². The molecular weight excluding hydrogens is 462 g/mol. The number of benzene rings is 2. The summed E-state index contributed by atoms with van der Waals surface area (Å²) >= 11 is 0. The van der Waals surface area contributed by atoms with Crippen LogP contribution in [0.15, 0.2) is 54.6 Å². The summed E-state index contributed by atoms with van der Waals surface area (Å²) in [5, 5.41) is 7.74. The fraction of sp³-hybridized carbons (Fsp3) is 0.429. The van der Waals surface area contributed by atoms with Crippen LogP contribution < -0.4 is 10.1 Å². The lowest BCUT2D eigenvalue weighted by Gasteiger charge is -2.31. The highest BCUT2D eigenvalue weighted by molar-refractivity contribution is 5.78. The van der Waals surface area contributed by atoms with Gasteiger partial charge in [-0.2, -0.15) is 5.10 Å². The van der Waals surface area contributed by atoms with Crippen molar-refractivity contribution < 1.29 is 18.3 Å². The molecule has 6 nitrogen and oxygen atoms in total. The number of nitrogens with one attached hydrogen (secondary N) is 1. The molecule has 1 N–H and O–H groups in total. The molecule has 0 radical (unpaired) electrons. The van der Waals surface area contributed by atoms with E-state index in [1.54, 1.807) is 0 Å². The molecule has 1 fully saturated rings. The number of halogens is 2. The lowest BCUT2D eigenvalue weighted by atomic mass is 9.98. The number of carbonyl (C=O) groups excluding carboxylic acids is 1. The number of rotatable bonds is 10. The fourth-order valence-corrected chi connectivity index (χ4v) is 4.44. The summed E-state index contributed by atoms with van der Waals surface area (Å²) in [6.45, 7) is 6.99. The van der Waals surface area contributed by atoms with E-state index in [0.29, 0.717) is 30.9 Å². The third-order valence-corrected chi connectivity index (χ3v) is 6.38. The molecule has 0 spiro atoms. The Bertz CT molecular complexity index is 1140. The van der Waals surface area contributed by atoms with Gasteiger partial charge in [-0.1, -0.05) is 32.0 Å². The van der Waals surface area contributed by atoms with Crippen LogP contribution in [-0.2, 0) is 17.6 Å². The Morgan fingerprint density at radius 1 is 1.08 bits per heavy atom. The highest BCUT2D eigenvalue weighted by Gasteiger charge is 2.21. The molecule has 1 aliphatic heterocycles. The van der Waals surface area contributed by atoms with Gasteiger partial charge in [0.15, 0.2) is 11.6 Å². The standard InChI is InChI=1S/C28H34F2N4O2/c1-20(2)14-24-15-22(32-34(24)23-6-4-3-5-7-23)16-28(35)31-19-33-12-10-21(11-13-33)18-36-25-8-9-26(29)27(30)17-25/h3-9,15,17,20-21H,10-14,16,18-19H2,1-2H3,(H,31,35). The zero-order chi connectivity index (χ0) is 25.5. The summed E-state index contributed by atoms with van der Waals surface area (Å²) in [7, 11) is 0. The Morgan fingerprint density at radius 3 is 2.53 bits per heavy atom. The van der Waals surface area contributed by atoms with E-state index in [4.69, 9.17) is 9.84 Å². The number of piperidine rings is 1. The first-order chi connectivity index (χ1) is 17.4. The molecule has 1 saturated heterocycles. The summed E-state index contributed by atoms with van der Waals surface area (Å²) in [5.41, 5.74) is 2.86. The second-order valence-corrected chi connectivity index (χ2v) is 9.86. The number of carbonyl (C=O) groups is 1. The number of amides is 1. The smallest absolute Gasteiger partial charge is 0.227 e. The van der Waals surface area contributed by atoms with Crippen molar-refractivity contribution in [3.8, 4) is 11.4 Å². The largest absolute Gasteiger partial charge is 0.493 e. The molecule has 2 aromatic carbocycles. The third-order valence-electron chi connectivity index (χ3n) is 6.38. The highest BCUT2D eigenvalue weighted by Crippen LogP contribution is 2.21. The fourth-order valence-electron chi connectivity index (χ4n) is 4.44. The summed E-state index contributed by atoms with van der Waals surface area (Å²) in [4.78, 5) is 14.9. The van der Waals surface area contributed by atoms with E-state index < -0.39 is 11.6 Å². The zero-order valence-electron chi connectivity index (χ0n) is 20.9. The number of hydrogen-bond donors (Lipinski definition) is 1. The van der Waals surface area contributed by atoms with Crippen molar-refractivity contribution in [1.29, 1.82) is 0 Å². The first-order valence-corrected chi connectivity index (χ1v) is 12.6. The molecule has 36 heavy (non-hydrogen) atoms. The molecule has 0 saturated carbocycles. The zero-order valence-corrected chi connectivity index (χ0v) is 20.9. The van der Waals surface area contributed by atoms with Gasteiger partial charge in [-0.05, 0) is 61.4 Å². The van der Waals surface area contributed by atoms with E-state index in [1.165, 1.54) is 6.07 Å². The molecule has 8 heteroatoms. The molecule has 1 amide bonds. The number of ether oxygens (including phenoxy) is 1. The molecular formula is C28H34F2N4O2. The van der Waals surface area contributed by atoms with E-state index in [2.05, 4.69) is 24.1 Å². The third kappa shape index (κ3) is 7.13. The van der Waals surface area contributed by atoms with Crippen molar-refractivity contribution in [2.45, 2.75) is 39.5 Å². The maximum atomic E-state index is 13.3. The van der Waals surface area contributed by atoms with E-state index in [9.17, 15) is 13.6 Å². The SMILES string of the molecule is CC(C)Cc1cc(CC(=O)NCN2CCC(COc3ccc(F)c(F)c3)CC2)nn1-c1ccccc1. The van der Waals surface area contributed by atoms with Gasteiger partial charge in [0, 0.05) is 24.8 Å². The van der Waals surface area contributed by atoms with Crippen molar-refractivity contribution in [2.24, 2.45) is 11.8 Å². The Kier molecular flexibility index (Phi) is 8.70. The van der Waals surface area contributed by atoms with Gasteiger partial charge in [0.25, 0.3) is 0 Å². The minimum atomic E-state index is -0.902. The quantitative estimate of drug-likeness (QED) is 0.440. The summed E-state index contributed by atoms with van der Waals surface area (Å²) in [6.07, 6.45) is 2.96. The Balaban J connectivity index is 1.22. The predicted molar refractivity (Wildman–Crippen MR) is 135 cm³/mol. The van der Waals surface area contributed by atoms with Crippen LogP contribution in [0, 0.1) is 23.5 Å². The number of nitrogens with zero attached hydrogens (tertiary/aromatic N) is 3. The van der Waals surface area contributed by atoms with Gasteiger partial charge in [0.2, 0.25) is 5.91 Å². The van der Waals surface area contributed by atoms with E-state index in [-0.39, 0.29) is 12.3 Å². The summed E-state index contributed by atoms with van der Waals surface area (Å²) in [5.74, 6) is -0.663. The molecule has 1 aliphatic rings. The second-order valence-electron chi connectivity index (χ2n) is 9.86. The van der Waals surface area contributed by atoms with Crippen LogP contribution in [0.2, 0.25) is 0 Å². The van der Waals surface area contributed by atoms with Gasteiger partial charge >= 0.3 is 0 Å². The molecule has 4 rings (SSSR count). The number of aromatic nitrogens is 2. The number of hydrogen-bond acceptors (Lipinski definition) is 4. The highest BCUT2D eigenvalue weighted by atomic mass is 19.2. The normalized spacial score (nSPS) is 14.8. The van der Waals surface area contributed by atoms with Gasteiger partial charge in [0.05, 0.1) is 31.1 Å². The molecule has 0 atom stereocenters. The van der Waals surface area contributed by atoms with Gasteiger partial charge in [-0.3, -0.25) is 9.69 Å². The van der Waals surface area contributed by atoms with Crippen molar-refractivity contribution in [1.82, 2.24) is 20.0 Å². The molecule has 0 aliphatic carbocycles. The summed E-state index contributed by atoms with van der Waals surface area (Å²) in [6, 6.07) is 15.6. The number of likely N-dealkylation sites (tertiary alicyclic amines) is 1. The monoisotopic (exact) mass is 496 g/mol. The molecule has 2 heterocycles. The second kappa shape index (κ2) is 12.1. The molecule has 0 bridgehead atoms. The van der Waals surface area contributed by atoms with Crippen LogP contribution in [0.25, 0.3) is 5.69 Å². The van der Waals surface area contributed by atoms with Crippen LogP contribution in [0.1, 0.15) is 38.1 Å². The molecule has 1 aromatic heterocycles. The molecule has 3 aromatic rings. The topological polar surface area (TPSA) is 59.4 Å². The van der Waals surface area contributed by atoms with E-state index in [0.717, 1.165) is 61.6 Å². The van der Waals surface area contributed by atoms with E-state index in [1.807, 2.05) is 41.1 Å². The van der Waals surface area contributed by atoms with Gasteiger partial charge in [0.1, 0.15) is 5.75 Å².